The van der Waals surface area contributed by atoms with Crippen LogP contribution in [0.25, 0.3) is 5.69 Å². The fourth-order valence-electron chi connectivity index (χ4n) is 2.20. The molecule has 0 fully saturated rings. The molecule has 0 bridgehead atoms. The predicted molar refractivity (Wildman–Crippen MR) is 78.9 cm³/mol. The van der Waals surface area contributed by atoms with E-state index in [-0.39, 0.29) is 6.61 Å². The highest BCUT2D eigenvalue weighted by atomic mass is 16.5. The second-order valence-electron chi connectivity index (χ2n) is 5.19. The molecule has 6 heteroatoms. The minimum atomic E-state index is -0.124. The third-order valence-corrected chi connectivity index (χ3v) is 3.21. The topological polar surface area (TPSA) is 69.4 Å². The summed E-state index contributed by atoms with van der Waals surface area (Å²) in [6, 6.07) is 5.52. The Balaban J connectivity index is 2.53. The molecule has 2 aromatic rings. The Kier molecular flexibility index (Phi) is 4.80. The molecule has 1 heterocycles. The van der Waals surface area contributed by atoms with E-state index in [2.05, 4.69) is 24.2 Å². The van der Waals surface area contributed by atoms with Gasteiger partial charge in [-0.25, -0.2) is 4.68 Å². The SMILES string of the molecule is COc1ccc(-n2nnc(CO)c2CC(C)C)c(OC)c1. The van der Waals surface area contributed by atoms with Gasteiger partial charge in [0.2, 0.25) is 0 Å². The lowest BCUT2D eigenvalue weighted by molar-refractivity contribution is 0.275. The number of aliphatic hydroxyl groups is 1. The molecule has 0 radical (unpaired) electrons. The molecule has 0 atom stereocenters. The molecular weight excluding hydrogens is 270 g/mol. The molecule has 0 saturated heterocycles. The van der Waals surface area contributed by atoms with Gasteiger partial charge in [0.25, 0.3) is 0 Å². The largest absolute Gasteiger partial charge is 0.497 e. The standard InChI is InChI=1S/C15H21N3O3/c1-10(2)7-14-12(9-19)16-17-18(14)13-6-5-11(20-3)8-15(13)21-4/h5-6,8,10,19H,7,9H2,1-4H3. The van der Waals surface area contributed by atoms with E-state index in [0.29, 0.717) is 23.1 Å². The van der Waals surface area contributed by atoms with Gasteiger partial charge in [0, 0.05) is 6.07 Å². The van der Waals surface area contributed by atoms with Gasteiger partial charge in [0.1, 0.15) is 22.9 Å². The molecule has 0 saturated carbocycles. The van der Waals surface area contributed by atoms with E-state index in [1.807, 2.05) is 12.1 Å². The van der Waals surface area contributed by atoms with Gasteiger partial charge in [0.05, 0.1) is 26.5 Å². The minimum absolute atomic E-state index is 0.124. The maximum Gasteiger partial charge on any atom is 0.148 e. The van der Waals surface area contributed by atoms with E-state index in [9.17, 15) is 5.11 Å². The lowest BCUT2D eigenvalue weighted by atomic mass is 10.1. The number of methoxy groups -OCH3 is 2. The fourth-order valence-corrected chi connectivity index (χ4v) is 2.20. The van der Waals surface area contributed by atoms with E-state index < -0.39 is 0 Å². The number of benzene rings is 1. The molecule has 1 N–H and O–H groups in total. The molecule has 0 unspecified atom stereocenters. The Morgan fingerprint density at radius 1 is 1.24 bits per heavy atom. The third-order valence-electron chi connectivity index (χ3n) is 3.21. The number of hydrogen-bond acceptors (Lipinski definition) is 5. The Morgan fingerprint density at radius 3 is 2.57 bits per heavy atom. The normalized spacial score (nSPS) is 11.0. The molecule has 1 aromatic carbocycles. The van der Waals surface area contributed by atoms with Gasteiger partial charge in [-0.3, -0.25) is 0 Å². The van der Waals surface area contributed by atoms with Gasteiger partial charge in [0.15, 0.2) is 0 Å². The second-order valence-corrected chi connectivity index (χ2v) is 5.19. The highest BCUT2D eigenvalue weighted by molar-refractivity contribution is 5.51. The zero-order valence-corrected chi connectivity index (χ0v) is 12.8. The summed E-state index contributed by atoms with van der Waals surface area (Å²) in [5.41, 5.74) is 2.28. The van der Waals surface area contributed by atoms with Crippen LogP contribution in [0.2, 0.25) is 0 Å². The summed E-state index contributed by atoms with van der Waals surface area (Å²) in [6.45, 7) is 4.11. The van der Waals surface area contributed by atoms with Crippen LogP contribution >= 0.6 is 0 Å². The number of rotatable bonds is 6. The van der Waals surface area contributed by atoms with Crippen molar-refractivity contribution in [1.82, 2.24) is 15.0 Å². The first-order chi connectivity index (χ1) is 10.1. The molecule has 0 spiro atoms. The van der Waals surface area contributed by atoms with Gasteiger partial charge < -0.3 is 14.6 Å². The van der Waals surface area contributed by atoms with Crippen LogP contribution in [-0.4, -0.2) is 34.3 Å². The maximum atomic E-state index is 9.43. The Bertz CT molecular complexity index is 608. The van der Waals surface area contributed by atoms with Crippen LogP contribution in [0.5, 0.6) is 11.5 Å². The third kappa shape index (κ3) is 3.16. The molecule has 1 aromatic heterocycles. The summed E-state index contributed by atoms with van der Waals surface area (Å²) in [4.78, 5) is 0. The monoisotopic (exact) mass is 291 g/mol. The number of aliphatic hydroxyl groups excluding tert-OH is 1. The first-order valence-electron chi connectivity index (χ1n) is 6.87. The highest BCUT2D eigenvalue weighted by Gasteiger charge is 2.18. The van der Waals surface area contributed by atoms with Crippen molar-refractivity contribution in [2.45, 2.75) is 26.9 Å². The molecule has 0 aliphatic carbocycles. The van der Waals surface area contributed by atoms with Crippen molar-refractivity contribution in [3.63, 3.8) is 0 Å². The van der Waals surface area contributed by atoms with Crippen molar-refractivity contribution >= 4 is 0 Å². The van der Waals surface area contributed by atoms with Crippen LogP contribution in [0.3, 0.4) is 0 Å². The van der Waals surface area contributed by atoms with E-state index in [4.69, 9.17) is 9.47 Å². The van der Waals surface area contributed by atoms with Gasteiger partial charge in [-0.2, -0.15) is 0 Å². The van der Waals surface area contributed by atoms with E-state index >= 15 is 0 Å². The fraction of sp³-hybridized carbons (Fsp3) is 0.467. The van der Waals surface area contributed by atoms with Crippen LogP contribution in [0.4, 0.5) is 0 Å². The first-order valence-corrected chi connectivity index (χ1v) is 6.87. The number of nitrogens with zero attached hydrogens (tertiary/aromatic N) is 3. The molecular formula is C15H21N3O3. The molecule has 2 rings (SSSR count). The molecule has 114 valence electrons. The molecule has 0 aliphatic heterocycles. The minimum Gasteiger partial charge on any atom is -0.497 e. The summed E-state index contributed by atoms with van der Waals surface area (Å²) < 4.78 is 12.3. The average Bonchev–Trinajstić information content (AvgIpc) is 2.88. The van der Waals surface area contributed by atoms with Crippen LogP contribution in [-0.2, 0) is 13.0 Å². The molecule has 0 amide bonds. The van der Waals surface area contributed by atoms with E-state index in [0.717, 1.165) is 17.8 Å². The Hall–Kier alpha value is -2.08. The van der Waals surface area contributed by atoms with Gasteiger partial charge in [-0.05, 0) is 24.5 Å². The average molecular weight is 291 g/mol. The second kappa shape index (κ2) is 6.58. The van der Waals surface area contributed by atoms with Crippen LogP contribution in [0, 0.1) is 5.92 Å². The van der Waals surface area contributed by atoms with Crippen molar-refractivity contribution in [3.05, 3.63) is 29.6 Å². The van der Waals surface area contributed by atoms with Crippen LogP contribution in [0.15, 0.2) is 18.2 Å². The van der Waals surface area contributed by atoms with Gasteiger partial charge in [-0.15, -0.1) is 5.10 Å². The van der Waals surface area contributed by atoms with Gasteiger partial charge in [-0.1, -0.05) is 19.1 Å². The zero-order valence-electron chi connectivity index (χ0n) is 12.8. The number of ether oxygens (including phenoxy) is 2. The Morgan fingerprint density at radius 2 is 2.00 bits per heavy atom. The van der Waals surface area contributed by atoms with Crippen LogP contribution < -0.4 is 9.47 Å². The summed E-state index contributed by atoms with van der Waals surface area (Å²) >= 11 is 0. The van der Waals surface area contributed by atoms with Crippen LogP contribution in [0.1, 0.15) is 25.2 Å². The van der Waals surface area contributed by atoms with Crippen molar-refractivity contribution < 1.29 is 14.6 Å². The lowest BCUT2D eigenvalue weighted by Gasteiger charge is -2.13. The predicted octanol–water partition coefficient (Wildman–Crippen LogP) is 1.98. The summed E-state index contributed by atoms with van der Waals surface area (Å²) in [7, 11) is 3.21. The maximum absolute atomic E-state index is 9.43. The smallest absolute Gasteiger partial charge is 0.148 e. The molecule has 21 heavy (non-hydrogen) atoms. The molecule has 6 nitrogen and oxygen atoms in total. The van der Waals surface area contributed by atoms with Crippen molar-refractivity contribution in [2.75, 3.05) is 14.2 Å². The summed E-state index contributed by atoms with van der Waals surface area (Å²) in [5.74, 6) is 1.79. The summed E-state index contributed by atoms with van der Waals surface area (Å²) in [5, 5.41) is 17.7. The summed E-state index contributed by atoms with van der Waals surface area (Å²) in [6.07, 6.45) is 0.776. The lowest BCUT2D eigenvalue weighted by Crippen LogP contribution is -2.08. The van der Waals surface area contributed by atoms with E-state index in [1.54, 1.807) is 25.0 Å². The highest BCUT2D eigenvalue weighted by Crippen LogP contribution is 2.29. The van der Waals surface area contributed by atoms with Crippen molar-refractivity contribution in [2.24, 2.45) is 5.92 Å². The van der Waals surface area contributed by atoms with E-state index in [1.165, 1.54) is 0 Å². The zero-order chi connectivity index (χ0) is 15.4. The Labute approximate surface area is 124 Å². The molecule has 0 aliphatic rings. The quantitative estimate of drug-likeness (QED) is 0.881. The first kappa shape index (κ1) is 15.3. The number of aromatic nitrogens is 3. The number of hydrogen-bond donors (Lipinski definition) is 1. The van der Waals surface area contributed by atoms with Crippen molar-refractivity contribution in [1.29, 1.82) is 0 Å². The van der Waals surface area contributed by atoms with Gasteiger partial charge >= 0.3 is 0 Å². The van der Waals surface area contributed by atoms with Crippen molar-refractivity contribution in [3.8, 4) is 17.2 Å².